The van der Waals surface area contributed by atoms with Gasteiger partial charge in [0.25, 0.3) is 0 Å². The molecule has 1 aliphatic rings. The van der Waals surface area contributed by atoms with E-state index in [1.807, 2.05) is 0 Å². The zero-order valence-corrected chi connectivity index (χ0v) is 10.8. The second-order valence-corrected chi connectivity index (χ2v) is 4.96. The van der Waals surface area contributed by atoms with Gasteiger partial charge in [0.2, 0.25) is 5.95 Å². The van der Waals surface area contributed by atoms with E-state index in [0.29, 0.717) is 28.6 Å². The van der Waals surface area contributed by atoms with Crippen molar-refractivity contribution in [1.82, 2.24) is 9.97 Å². The molecule has 0 amide bonds. The van der Waals surface area contributed by atoms with Crippen molar-refractivity contribution in [2.24, 2.45) is 17.7 Å². The number of hydrazine groups is 1. The van der Waals surface area contributed by atoms with Crippen LogP contribution in [0.25, 0.3) is 0 Å². The third-order valence-corrected chi connectivity index (χ3v) is 3.73. The summed E-state index contributed by atoms with van der Waals surface area (Å²) in [5.41, 5.74) is 2.38. The van der Waals surface area contributed by atoms with Gasteiger partial charge in [0.15, 0.2) is 5.82 Å². The molecule has 1 saturated carbocycles. The lowest BCUT2D eigenvalue weighted by Gasteiger charge is -2.18. The first-order valence-electron chi connectivity index (χ1n) is 6.08. The zero-order valence-electron chi connectivity index (χ0n) is 10.1. The molecule has 6 nitrogen and oxygen atoms in total. The monoisotopic (exact) mass is 271 g/mol. The van der Waals surface area contributed by atoms with Gasteiger partial charge in [0, 0.05) is 13.2 Å². The molecule has 0 aromatic carbocycles. The summed E-state index contributed by atoms with van der Waals surface area (Å²) < 4.78 is 0. The molecule has 7 heteroatoms. The maximum Gasteiger partial charge on any atom is 0.239 e. The van der Waals surface area contributed by atoms with Crippen molar-refractivity contribution in [3.8, 4) is 0 Å². The molecule has 0 aliphatic heterocycles. The second kappa shape index (κ2) is 6.17. The minimum atomic E-state index is 0.249. The van der Waals surface area contributed by atoms with Gasteiger partial charge in [-0.05, 0) is 24.7 Å². The number of rotatable bonds is 5. The fourth-order valence-corrected chi connectivity index (χ4v) is 2.57. The Morgan fingerprint density at radius 1 is 1.44 bits per heavy atom. The van der Waals surface area contributed by atoms with Crippen molar-refractivity contribution in [2.45, 2.75) is 19.3 Å². The van der Waals surface area contributed by atoms with E-state index in [0.717, 1.165) is 19.4 Å². The summed E-state index contributed by atoms with van der Waals surface area (Å²) in [4.78, 5) is 8.06. The molecule has 1 heterocycles. The predicted octanol–water partition coefficient (Wildman–Crippen LogP) is 1.24. The van der Waals surface area contributed by atoms with Crippen molar-refractivity contribution in [3.05, 3.63) is 11.2 Å². The summed E-state index contributed by atoms with van der Waals surface area (Å²) in [6.07, 6.45) is 4.90. The first-order chi connectivity index (χ1) is 8.74. The quantitative estimate of drug-likeness (QED) is 0.475. The summed E-state index contributed by atoms with van der Waals surface area (Å²) in [7, 11) is 0. The van der Waals surface area contributed by atoms with Crippen LogP contribution in [0.5, 0.6) is 0 Å². The molecule has 0 radical (unpaired) electrons. The molecule has 1 aromatic heterocycles. The van der Waals surface area contributed by atoms with Gasteiger partial charge in [-0.15, -0.1) is 0 Å². The number of aromatic nitrogens is 2. The highest BCUT2D eigenvalue weighted by molar-refractivity contribution is 6.32. The van der Waals surface area contributed by atoms with E-state index in [9.17, 15) is 5.11 Å². The summed E-state index contributed by atoms with van der Waals surface area (Å²) >= 11 is 6.00. The predicted molar refractivity (Wildman–Crippen MR) is 71.3 cm³/mol. The van der Waals surface area contributed by atoms with E-state index in [2.05, 4.69) is 20.7 Å². The van der Waals surface area contributed by atoms with Crippen LogP contribution < -0.4 is 16.6 Å². The molecule has 2 unspecified atom stereocenters. The Morgan fingerprint density at radius 2 is 2.22 bits per heavy atom. The number of aliphatic hydroxyl groups is 1. The highest BCUT2D eigenvalue weighted by Crippen LogP contribution is 2.31. The van der Waals surface area contributed by atoms with Gasteiger partial charge < -0.3 is 10.4 Å². The normalized spacial score (nSPS) is 23.1. The fourth-order valence-electron chi connectivity index (χ4n) is 2.41. The average Bonchev–Trinajstić information content (AvgIpc) is 2.85. The number of halogens is 1. The average molecular weight is 272 g/mol. The molecule has 1 aliphatic carbocycles. The van der Waals surface area contributed by atoms with Gasteiger partial charge in [-0.25, -0.2) is 10.8 Å². The number of hydrogen-bond acceptors (Lipinski definition) is 6. The van der Waals surface area contributed by atoms with Gasteiger partial charge in [-0.3, -0.25) is 5.43 Å². The number of aliphatic hydroxyl groups excluding tert-OH is 1. The number of hydrogen-bond donors (Lipinski definition) is 4. The third-order valence-electron chi connectivity index (χ3n) is 3.46. The number of anilines is 2. The van der Waals surface area contributed by atoms with Crippen molar-refractivity contribution < 1.29 is 5.11 Å². The van der Waals surface area contributed by atoms with E-state index in [1.54, 1.807) is 0 Å². The van der Waals surface area contributed by atoms with Crippen molar-refractivity contribution in [1.29, 1.82) is 0 Å². The molecular weight excluding hydrogens is 254 g/mol. The first kappa shape index (κ1) is 13.3. The lowest BCUT2D eigenvalue weighted by Crippen LogP contribution is -2.21. The molecular formula is C11H18ClN5O. The van der Waals surface area contributed by atoms with Crippen LogP contribution in [-0.2, 0) is 0 Å². The van der Waals surface area contributed by atoms with Crippen LogP contribution in [0, 0.1) is 11.8 Å². The number of nitrogens with two attached hydrogens (primary N) is 1. The molecule has 5 N–H and O–H groups in total. The minimum Gasteiger partial charge on any atom is -0.396 e. The van der Waals surface area contributed by atoms with Gasteiger partial charge in [-0.1, -0.05) is 18.0 Å². The number of nitrogens with one attached hydrogen (secondary N) is 2. The number of nitrogen functional groups attached to an aromatic ring is 1. The molecule has 100 valence electrons. The smallest absolute Gasteiger partial charge is 0.239 e. The zero-order chi connectivity index (χ0) is 13.0. The summed E-state index contributed by atoms with van der Waals surface area (Å²) in [5.74, 6) is 7.00. The largest absolute Gasteiger partial charge is 0.396 e. The van der Waals surface area contributed by atoms with Crippen LogP contribution in [0.4, 0.5) is 11.8 Å². The van der Waals surface area contributed by atoms with Crippen molar-refractivity contribution >= 4 is 23.4 Å². The van der Waals surface area contributed by atoms with E-state index >= 15 is 0 Å². The molecule has 0 saturated heterocycles. The van der Waals surface area contributed by atoms with Gasteiger partial charge in [-0.2, -0.15) is 4.98 Å². The van der Waals surface area contributed by atoms with Crippen LogP contribution in [-0.4, -0.2) is 28.2 Å². The van der Waals surface area contributed by atoms with Crippen LogP contribution in [0.3, 0.4) is 0 Å². The minimum absolute atomic E-state index is 0.249. The lowest BCUT2D eigenvalue weighted by atomic mass is 9.97. The topological polar surface area (TPSA) is 96.1 Å². The highest BCUT2D eigenvalue weighted by atomic mass is 35.5. The summed E-state index contributed by atoms with van der Waals surface area (Å²) in [6.45, 7) is 1.01. The molecule has 1 aromatic rings. The van der Waals surface area contributed by atoms with E-state index < -0.39 is 0 Å². The third kappa shape index (κ3) is 3.01. The number of nitrogens with zero attached hydrogens (tertiary/aromatic N) is 2. The van der Waals surface area contributed by atoms with Crippen LogP contribution >= 0.6 is 11.6 Å². The Hall–Kier alpha value is -1.11. The molecule has 0 spiro atoms. The standard InChI is InChI=1S/C11H18ClN5O/c12-9-5-15-11(17-13)16-10(9)14-4-7-2-1-3-8(7)6-18/h5,7-8,18H,1-4,6,13H2,(H2,14,15,16,17). The maximum atomic E-state index is 9.26. The molecule has 0 bridgehead atoms. The first-order valence-corrected chi connectivity index (χ1v) is 6.46. The van der Waals surface area contributed by atoms with Crippen molar-refractivity contribution in [3.63, 3.8) is 0 Å². The molecule has 2 rings (SSSR count). The Labute approximate surface area is 111 Å². The molecule has 1 fully saturated rings. The maximum absolute atomic E-state index is 9.26. The SMILES string of the molecule is NNc1ncc(Cl)c(NCC2CCCC2CO)n1. The van der Waals surface area contributed by atoms with E-state index in [4.69, 9.17) is 17.4 Å². The fraction of sp³-hybridized carbons (Fsp3) is 0.636. The van der Waals surface area contributed by atoms with Crippen molar-refractivity contribution in [2.75, 3.05) is 23.9 Å². The van der Waals surface area contributed by atoms with Crippen LogP contribution in [0.1, 0.15) is 19.3 Å². The van der Waals surface area contributed by atoms with E-state index in [-0.39, 0.29) is 6.61 Å². The molecule has 18 heavy (non-hydrogen) atoms. The van der Waals surface area contributed by atoms with Crippen LogP contribution in [0.15, 0.2) is 6.20 Å². The Morgan fingerprint density at radius 3 is 2.94 bits per heavy atom. The van der Waals surface area contributed by atoms with Gasteiger partial charge >= 0.3 is 0 Å². The summed E-state index contributed by atoms with van der Waals surface area (Å²) in [5, 5.41) is 12.9. The summed E-state index contributed by atoms with van der Waals surface area (Å²) in [6, 6.07) is 0. The Kier molecular flexibility index (Phi) is 4.57. The van der Waals surface area contributed by atoms with Gasteiger partial charge in [0.1, 0.15) is 5.02 Å². The van der Waals surface area contributed by atoms with Gasteiger partial charge in [0.05, 0.1) is 6.20 Å². The lowest BCUT2D eigenvalue weighted by molar-refractivity contribution is 0.199. The van der Waals surface area contributed by atoms with Crippen LogP contribution in [0.2, 0.25) is 5.02 Å². The molecule has 2 atom stereocenters. The Balaban J connectivity index is 1.97. The van der Waals surface area contributed by atoms with E-state index in [1.165, 1.54) is 12.6 Å². The second-order valence-electron chi connectivity index (χ2n) is 4.55. The Bertz CT molecular complexity index is 403. The highest BCUT2D eigenvalue weighted by Gasteiger charge is 2.26.